The summed E-state index contributed by atoms with van der Waals surface area (Å²) in [5, 5.41) is 28.9. The average Bonchev–Trinajstić information content (AvgIpc) is 2.90. The molecule has 0 spiro atoms. The molecule has 0 aromatic rings. The van der Waals surface area contributed by atoms with E-state index in [0.29, 0.717) is 19.4 Å². The molecule has 0 aromatic carbocycles. The summed E-state index contributed by atoms with van der Waals surface area (Å²) in [6.07, 6.45) is 11.3. The Kier molecular flexibility index (Phi) is 11.0. The van der Waals surface area contributed by atoms with E-state index in [1.807, 2.05) is 6.08 Å². The fourth-order valence-corrected chi connectivity index (χ4v) is 3.14. The van der Waals surface area contributed by atoms with Gasteiger partial charge in [-0.2, -0.15) is 0 Å². The monoisotopic (exact) mass is 341 g/mol. The molecule has 1 amide bonds. The third-order valence-corrected chi connectivity index (χ3v) is 4.64. The van der Waals surface area contributed by atoms with E-state index < -0.39 is 12.2 Å². The molecule has 140 valence electrons. The molecule has 5 nitrogen and oxygen atoms in total. The Balaban J connectivity index is 2.39. The first-order valence-corrected chi connectivity index (χ1v) is 9.53. The van der Waals surface area contributed by atoms with Gasteiger partial charge in [0, 0.05) is 19.6 Å². The van der Waals surface area contributed by atoms with Crippen LogP contribution in [0.2, 0.25) is 0 Å². The highest BCUT2D eigenvalue weighted by molar-refractivity contribution is 5.79. The third-order valence-electron chi connectivity index (χ3n) is 4.64. The van der Waals surface area contributed by atoms with Gasteiger partial charge in [-0.25, -0.2) is 0 Å². The van der Waals surface area contributed by atoms with Crippen molar-refractivity contribution in [1.29, 1.82) is 0 Å². The van der Waals surface area contributed by atoms with Crippen molar-refractivity contribution in [1.82, 2.24) is 4.90 Å². The van der Waals surface area contributed by atoms with Crippen molar-refractivity contribution in [3.8, 4) is 0 Å². The summed E-state index contributed by atoms with van der Waals surface area (Å²) in [7, 11) is 0. The smallest absolute Gasteiger partial charge is 0.223 e. The fourth-order valence-electron chi connectivity index (χ4n) is 3.14. The van der Waals surface area contributed by atoms with Crippen LogP contribution in [0.4, 0.5) is 0 Å². The molecule has 1 rings (SSSR count). The summed E-state index contributed by atoms with van der Waals surface area (Å²) >= 11 is 0. The van der Waals surface area contributed by atoms with E-state index in [2.05, 4.69) is 6.92 Å². The predicted octanol–water partition coefficient (Wildman–Crippen LogP) is 2.39. The van der Waals surface area contributed by atoms with Crippen LogP contribution in [0.5, 0.6) is 0 Å². The summed E-state index contributed by atoms with van der Waals surface area (Å²) < 4.78 is 0. The van der Waals surface area contributed by atoms with E-state index >= 15 is 0 Å². The van der Waals surface area contributed by atoms with Crippen LogP contribution in [0.1, 0.15) is 71.1 Å². The van der Waals surface area contributed by atoms with Gasteiger partial charge < -0.3 is 20.2 Å². The maximum absolute atomic E-state index is 12.0. The number of hydrogen-bond acceptors (Lipinski definition) is 4. The Labute approximate surface area is 146 Å². The van der Waals surface area contributed by atoms with Gasteiger partial charge in [-0.3, -0.25) is 4.79 Å². The number of carbonyl (C=O) groups is 1. The lowest BCUT2D eigenvalue weighted by molar-refractivity contribution is -0.129. The minimum atomic E-state index is -0.517. The standard InChI is InChI=1S/C19H35NO4/c1-2-3-5-8-17(22)12-10-16-11-13-19(24)20(16)15-18(23)9-6-4-7-14-21/h10,12,16-18,21-23H,2-9,11,13-15H2,1H3. The van der Waals surface area contributed by atoms with Gasteiger partial charge >= 0.3 is 0 Å². The van der Waals surface area contributed by atoms with Crippen molar-refractivity contribution < 1.29 is 20.1 Å². The maximum atomic E-state index is 12.0. The molecule has 1 aliphatic rings. The second-order valence-corrected chi connectivity index (χ2v) is 6.83. The summed E-state index contributed by atoms with van der Waals surface area (Å²) in [6, 6.07) is -0.00887. The van der Waals surface area contributed by atoms with Crippen molar-refractivity contribution in [2.24, 2.45) is 0 Å². The summed E-state index contributed by atoms with van der Waals surface area (Å²) in [4.78, 5) is 13.8. The number of hydrogen-bond donors (Lipinski definition) is 3. The van der Waals surface area contributed by atoms with Crippen molar-refractivity contribution in [3.05, 3.63) is 12.2 Å². The maximum Gasteiger partial charge on any atom is 0.223 e. The van der Waals surface area contributed by atoms with E-state index in [0.717, 1.165) is 51.4 Å². The molecule has 5 heteroatoms. The zero-order valence-corrected chi connectivity index (χ0v) is 15.1. The lowest BCUT2D eigenvalue weighted by Gasteiger charge is -2.25. The van der Waals surface area contributed by atoms with E-state index in [1.54, 1.807) is 11.0 Å². The molecule has 0 aromatic heterocycles. The second kappa shape index (κ2) is 12.5. The Morgan fingerprint density at radius 2 is 1.92 bits per heavy atom. The van der Waals surface area contributed by atoms with Crippen LogP contribution in [0.25, 0.3) is 0 Å². The van der Waals surface area contributed by atoms with Gasteiger partial charge in [-0.1, -0.05) is 51.2 Å². The Hall–Kier alpha value is -0.910. The molecule has 1 heterocycles. The normalized spacial score (nSPS) is 20.9. The number of aliphatic hydroxyl groups is 3. The average molecular weight is 341 g/mol. The van der Waals surface area contributed by atoms with Crippen molar-refractivity contribution in [2.45, 2.75) is 89.4 Å². The fraction of sp³-hybridized carbons (Fsp3) is 0.842. The summed E-state index contributed by atoms with van der Waals surface area (Å²) in [5.41, 5.74) is 0. The van der Waals surface area contributed by atoms with Crippen molar-refractivity contribution >= 4 is 5.91 Å². The quantitative estimate of drug-likeness (QED) is 0.355. The molecule has 1 aliphatic heterocycles. The molecule has 0 radical (unpaired) electrons. The largest absolute Gasteiger partial charge is 0.396 e. The Bertz CT molecular complexity index is 372. The molecule has 3 N–H and O–H groups in total. The second-order valence-electron chi connectivity index (χ2n) is 6.83. The van der Waals surface area contributed by atoms with Crippen LogP contribution in [0.3, 0.4) is 0 Å². The molecule has 0 saturated carbocycles. The van der Waals surface area contributed by atoms with Crippen molar-refractivity contribution in [3.63, 3.8) is 0 Å². The van der Waals surface area contributed by atoms with Crippen LogP contribution in [-0.4, -0.2) is 57.5 Å². The van der Waals surface area contributed by atoms with Gasteiger partial charge in [-0.15, -0.1) is 0 Å². The van der Waals surface area contributed by atoms with Crippen LogP contribution in [-0.2, 0) is 4.79 Å². The zero-order chi connectivity index (χ0) is 17.8. The minimum absolute atomic E-state index is 0.00887. The van der Waals surface area contributed by atoms with Crippen LogP contribution in [0, 0.1) is 0 Å². The lowest BCUT2D eigenvalue weighted by Crippen LogP contribution is -2.38. The highest BCUT2D eigenvalue weighted by atomic mass is 16.3. The Morgan fingerprint density at radius 1 is 1.17 bits per heavy atom. The first kappa shape index (κ1) is 21.1. The van der Waals surface area contributed by atoms with E-state index in [-0.39, 0.29) is 18.6 Å². The van der Waals surface area contributed by atoms with Gasteiger partial charge in [0.1, 0.15) is 0 Å². The number of β-amino-alcohol motifs (C(OH)–C–C–N with tert-alkyl or cyclic N) is 1. The first-order chi connectivity index (χ1) is 11.6. The van der Waals surface area contributed by atoms with Gasteiger partial charge in [0.2, 0.25) is 5.91 Å². The number of rotatable bonds is 13. The number of aliphatic hydroxyl groups excluding tert-OH is 3. The molecular formula is C19H35NO4. The molecule has 3 unspecified atom stereocenters. The number of carbonyl (C=O) groups excluding carboxylic acids is 1. The molecular weight excluding hydrogens is 306 g/mol. The van der Waals surface area contributed by atoms with Crippen molar-refractivity contribution in [2.75, 3.05) is 13.2 Å². The van der Waals surface area contributed by atoms with Gasteiger partial charge in [0.05, 0.1) is 18.2 Å². The summed E-state index contributed by atoms with van der Waals surface area (Å²) in [6.45, 7) is 2.69. The SMILES string of the molecule is CCCCCC(O)C=CC1CCC(=O)N1CC(O)CCCCCO. The third kappa shape index (κ3) is 8.27. The number of unbranched alkanes of at least 4 members (excludes halogenated alkanes) is 4. The lowest BCUT2D eigenvalue weighted by atomic mass is 10.1. The molecule has 0 bridgehead atoms. The van der Waals surface area contributed by atoms with Gasteiger partial charge in [0.15, 0.2) is 0 Å². The Morgan fingerprint density at radius 3 is 2.62 bits per heavy atom. The minimum Gasteiger partial charge on any atom is -0.396 e. The van der Waals surface area contributed by atoms with E-state index in [1.165, 1.54) is 0 Å². The molecule has 24 heavy (non-hydrogen) atoms. The predicted molar refractivity (Wildman–Crippen MR) is 95.6 cm³/mol. The van der Waals surface area contributed by atoms with Crippen LogP contribution < -0.4 is 0 Å². The van der Waals surface area contributed by atoms with E-state index in [9.17, 15) is 15.0 Å². The zero-order valence-electron chi connectivity index (χ0n) is 15.1. The number of likely N-dealkylation sites (tertiary alicyclic amines) is 1. The van der Waals surface area contributed by atoms with E-state index in [4.69, 9.17) is 5.11 Å². The molecule has 3 atom stereocenters. The first-order valence-electron chi connectivity index (χ1n) is 9.53. The highest BCUT2D eigenvalue weighted by Gasteiger charge is 2.30. The summed E-state index contributed by atoms with van der Waals surface area (Å²) in [5.74, 6) is 0.0829. The highest BCUT2D eigenvalue weighted by Crippen LogP contribution is 2.21. The molecule has 0 aliphatic carbocycles. The van der Waals surface area contributed by atoms with Gasteiger partial charge in [-0.05, 0) is 25.7 Å². The van der Waals surface area contributed by atoms with Crippen LogP contribution in [0.15, 0.2) is 12.2 Å². The van der Waals surface area contributed by atoms with Gasteiger partial charge in [0.25, 0.3) is 0 Å². The molecule has 1 fully saturated rings. The molecule has 1 saturated heterocycles. The number of nitrogens with zero attached hydrogens (tertiary/aromatic N) is 1. The topological polar surface area (TPSA) is 81.0 Å². The van der Waals surface area contributed by atoms with Crippen LogP contribution >= 0.6 is 0 Å². The number of amides is 1.